The number of nitrogens with one attached hydrogen (secondary N) is 1. The first kappa shape index (κ1) is 11.7. The van der Waals surface area contributed by atoms with Gasteiger partial charge >= 0.3 is 0 Å². The van der Waals surface area contributed by atoms with Gasteiger partial charge in [0.25, 0.3) is 0 Å². The Kier molecular flexibility index (Phi) is 4.46. The van der Waals surface area contributed by atoms with E-state index in [9.17, 15) is 0 Å². The molecule has 1 heterocycles. The van der Waals surface area contributed by atoms with E-state index in [1.54, 1.807) is 6.26 Å². The SMILES string of the molecule is CNC(CC1CCCCCC1)c1ccco1. The molecule has 1 N–H and O–H groups in total. The molecular formula is C14H23NO. The Morgan fingerprint density at radius 1 is 1.31 bits per heavy atom. The zero-order valence-electron chi connectivity index (χ0n) is 10.2. The summed E-state index contributed by atoms with van der Waals surface area (Å²) in [5.41, 5.74) is 0. The van der Waals surface area contributed by atoms with Gasteiger partial charge in [0.05, 0.1) is 12.3 Å². The highest BCUT2D eigenvalue weighted by Gasteiger charge is 2.19. The van der Waals surface area contributed by atoms with Crippen LogP contribution in [0.15, 0.2) is 22.8 Å². The van der Waals surface area contributed by atoms with Gasteiger partial charge in [-0.1, -0.05) is 38.5 Å². The quantitative estimate of drug-likeness (QED) is 0.780. The molecule has 1 saturated carbocycles. The molecule has 0 bridgehead atoms. The summed E-state index contributed by atoms with van der Waals surface area (Å²) in [6.45, 7) is 0. The van der Waals surface area contributed by atoms with Gasteiger partial charge in [0.1, 0.15) is 5.76 Å². The lowest BCUT2D eigenvalue weighted by Gasteiger charge is -2.20. The van der Waals surface area contributed by atoms with Gasteiger partial charge < -0.3 is 9.73 Å². The van der Waals surface area contributed by atoms with Gasteiger partial charge in [-0.15, -0.1) is 0 Å². The fourth-order valence-corrected chi connectivity index (χ4v) is 2.80. The molecule has 0 aromatic carbocycles. The third-order valence-corrected chi connectivity index (χ3v) is 3.78. The zero-order valence-corrected chi connectivity index (χ0v) is 10.2. The van der Waals surface area contributed by atoms with E-state index in [1.807, 2.05) is 13.1 Å². The van der Waals surface area contributed by atoms with Crippen molar-refractivity contribution >= 4 is 0 Å². The van der Waals surface area contributed by atoms with E-state index in [2.05, 4.69) is 11.4 Å². The Balaban J connectivity index is 1.90. The average molecular weight is 221 g/mol. The lowest BCUT2D eigenvalue weighted by molar-refractivity contribution is 0.331. The molecule has 1 fully saturated rings. The van der Waals surface area contributed by atoms with E-state index < -0.39 is 0 Å². The highest BCUT2D eigenvalue weighted by atomic mass is 16.3. The molecule has 0 aliphatic heterocycles. The van der Waals surface area contributed by atoms with Crippen LogP contribution in [-0.4, -0.2) is 7.05 Å². The summed E-state index contributed by atoms with van der Waals surface area (Å²) in [7, 11) is 2.03. The summed E-state index contributed by atoms with van der Waals surface area (Å²) in [5, 5.41) is 3.38. The second kappa shape index (κ2) is 6.09. The molecule has 2 rings (SSSR count). The van der Waals surface area contributed by atoms with Crippen molar-refractivity contribution in [2.75, 3.05) is 7.05 Å². The molecule has 16 heavy (non-hydrogen) atoms. The minimum absolute atomic E-state index is 0.401. The number of hydrogen-bond donors (Lipinski definition) is 1. The van der Waals surface area contributed by atoms with Crippen LogP contribution in [-0.2, 0) is 0 Å². The predicted molar refractivity (Wildman–Crippen MR) is 66.3 cm³/mol. The van der Waals surface area contributed by atoms with Crippen LogP contribution >= 0.6 is 0 Å². The summed E-state index contributed by atoms with van der Waals surface area (Å²) < 4.78 is 5.50. The van der Waals surface area contributed by atoms with Crippen LogP contribution in [0.5, 0.6) is 0 Å². The first-order valence-electron chi connectivity index (χ1n) is 6.61. The van der Waals surface area contributed by atoms with Crippen LogP contribution in [0.2, 0.25) is 0 Å². The van der Waals surface area contributed by atoms with E-state index in [0.717, 1.165) is 11.7 Å². The van der Waals surface area contributed by atoms with Gasteiger partial charge in [-0.2, -0.15) is 0 Å². The van der Waals surface area contributed by atoms with Gasteiger partial charge in [-0.05, 0) is 31.5 Å². The molecule has 0 saturated heterocycles. The van der Waals surface area contributed by atoms with Crippen molar-refractivity contribution in [1.82, 2.24) is 5.32 Å². The van der Waals surface area contributed by atoms with Crippen LogP contribution in [0.3, 0.4) is 0 Å². The molecule has 90 valence electrons. The average Bonchev–Trinajstić information content (AvgIpc) is 2.71. The van der Waals surface area contributed by atoms with Crippen LogP contribution in [0.25, 0.3) is 0 Å². The Hall–Kier alpha value is -0.760. The minimum atomic E-state index is 0.401. The molecule has 0 amide bonds. The Morgan fingerprint density at radius 2 is 2.06 bits per heavy atom. The van der Waals surface area contributed by atoms with E-state index in [4.69, 9.17) is 4.42 Å². The van der Waals surface area contributed by atoms with E-state index in [1.165, 1.54) is 44.9 Å². The Morgan fingerprint density at radius 3 is 2.62 bits per heavy atom. The van der Waals surface area contributed by atoms with Crippen LogP contribution in [0, 0.1) is 5.92 Å². The second-order valence-corrected chi connectivity index (χ2v) is 4.95. The molecule has 1 aromatic heterocycles. The Labute approximate surface area is 98.4 Å². The molecule has 1 aromatic rings. The van der Waals surface area contributed by atoms with E-state index >= 15 is 0 Å². The number of hydrogen-bond acceptors (Lipinski definition) is 2. The zero-order chi connectivity index (χ0) is 11.2. The summed E-state index contributed by atoms with van der Waals surface area (Å²) in [6, 6.07) is 4.46. The second-order valence-electron chi connectivity index (χ2n) is 4.95. The first-order valence-corrected chi connectivity index (χ1v) is 6.61. The summed E-state index contributed by atoms with van der Waals surface area (Å²) in [4.78, 5) is 0. The van der Waals surface area contributed by atoms with Crippen molar-refractivity contribution in [2.45, 2.75) is 51.0 Å². The Bertz CT molecular complexity index is 273. The summed E-state index contributed by atoms with van der Waals surface area (Å²) in [5.74, 6) is 1.97. The lowest BCUT2D eigenvalue weighted by Crippen LogP contribution is -2.19. The van der Waals surface area contributed by atoms with Gasteiger partial charge in [0.15, 0.2) is 0 Å². The van der Waals surface area contributed by atoms with Gasteiger partial charge in [0, 0.05) is 0 Å². The molecule has 1 aliphatic rings. The molecule has 2 heteroatoms. The lowest BCUT2D eigenvalue weighted by atomic mass is 9.92. The highest BCUT2D eigenvalue weighted by Crippen LogP contribution is 2.30. The topological polar surface area (TPSA) is 25.2 Å². The van der Waals surface area contributed by atoms with Crippen molar-refractivity contribution in [1.29, 1.82) is 0 Å². The monoisotopic (exact) mass is 221 g/mol. The van der Waals surface area contributed by atoms with E-state index in [-0.39, 0.29) is 0 Å². The van der Waals surface area contributed by atoms with Crippen molar-refractivity contribution in [3.05, 3.63) is 24.2 Å². The van der Waals surface area contributed by atoms with Gasteiger partial charge in [-0.3, -0.25) is 0 Å². The fraction of sp³-hybridized carbons (Fsp3) is 0.714. The normalized spacial score (nSPS) is 20.6. The minimum Gasteiger partial charge on any atom is -0.468 e. The highest BCUT2D eigenvalue weighted by molar-refractivity contribution is 5.04. The molecule has 0 radical (unpaired) electrons. The standard InChI is InChI=1S/C14H23NO/c1-15-13(14-9-6-10-16-14)11-12-7-4-2-3-5-8-12/h6,9-10,12-13,15H,2-5,7-8,11H2,1H3. The van der Waals surface area contributed by atoms with Crippen LogP contribution in [0.4, 0.5) is 0 Å². The van der Waals surface area contributed by atoms with Crippen molar-refractivity contribution in [3.63, 3.8) is 0 Å². The largest absolute Gasteiger partial charge is 0.468 e. The van der Waals surface area contributed by atoms with Crippen LogP contribution < -0.4 is 5.32 Å². The molecular weight excluding hydrogens is 198 g/mol. The van der Waals surface area contributed by atoms with Gasteiger partial charge in [0.2, 0.25) is 0 Å². The smallest absolute Gasteiger partial charge is 0.120 e. The predicted octanol–water partition coefficient (Wildman–Crippen LogP) is 3.90. The third kappa shape index (κ3) is 3.11. The molecule has 0 spiro atoms. The summed E-state index contributed by atoms with van der Waals surface area (Å²) in [6.07, 6.45) is 11.5. The maximum absolute atomic E-state index is 5.50. The number of furan rings is 1. The maximum Gasteiger partial charge on any atom is 0.120 e. The number of rotatable bonds is 4. The van der Waals surface area contributed by atoms with Crippen molar-refractivity contribution in [2.24, 2.45) is 5.92 Å². The maximum atomic E-state index is 5.50. The first-order chi connectivity index (χ1) is 7.90. The molecule has 1 aliphatic carbocycles. The molecule has 1 unspecified atom stereocenters. The van der Waals surface area contributed by atoms with Crippen molar-refractivity contribution < 1.29 is 4.42 Å². The fourth-order valence-electron chi connectivity index (χ4n) is 2.80. The van der Waals surface area contributed by atoms with Crippen LogP contribution in [0.1, 0.15) is 56.7 Å². The molecule has 2 nitrogen and oxygen atoms in total. The van der Waals surface area contributed by atoms with Crippen molar-refractivity contribution in [3.8, 4) is 0 Å². The molecule has 1 atom stereocenters. The van der Waals surface area contributed by atoms with Gasteiger partial charge in [-0.25, -0.2) is 0 Å². The summed E-state index contributed by atoms with van der Waals surface area (Å²) >= 11 is 0. The van der Waals surface area contributed by atoms with E-state index in [0.29, 0.717) is 6.04 Å². The third-order valence-electron chi connectivity index (χ3n) is 3.78.